The fourth-order valence-corrected chi connectivity index (χ4v) is 5.42. The molecule has 0 aromatic heterocycles. The molecule has 8 heteroatoms. The highest BCUT2D eigenvalue weighted by Crippen LogP contribution is 2.58. The van der Waals surface area contributed by atoms with Crippen LogP contribution in [-0.2, 0) is 21.2 Å². The molecule has 1 N–H and O–H groups in total. The molecule has 1 fully saturated rings. The molecule has 1 saturated carbocycles. The summed E-state index contributed by atoms with van der Waals surface area (Å²) >= 11 is 0. The Kier molecular flexibility index (Phi) is 6.38. The fourth-order valence-electron chi connectivity index (χ4n) is 4.78. The van der Waals surface area contributed by atoms with E-state index in [4.69, 9.17) is 14.2 Å². The van der Waals surface area contributed by atoms with E-state index in [0.717, 1.165) is 33.6 Å². The number of ether oxygens (including phenoxy) is 3. The minimum Gasteiger partial charge on any atom is -0.494 e. The number of carbonyl (C=O) groups is 1. The number of rotatable bonds is 10. The van der Waals surface area contributed by atoms with Crippen LogP contribution in [-0.4, -0.2) is 44.2 Å². The third kappa shape index (κ3) is 5.18. The van der Waals surface area contributed by atoms with Crippen molar-refractivity contribution in [3.63, 3.8) is 0 Å². The number of fused-ring (bicyclic) bond motifs is 3. The summed E-state index contributed by atoms with van der Waals surface area (Å²) in [4.78, 5) is 11.2. The Hall–Kier alpha value is -3.52. The Labute approximate surface area is 210 Å². The molecule has 0 spiro atoms. The van der Waals surface area contributed by atoms with E-state index in [1.54, 1.807) is 0 Å². The van der Waals surface area contributed by atoms with Gasteiger partial charge in [-0.15, -0.1) is 0 Å². The van der Waals surface area contributed by atoms with Crippen molar-refractivity contribution in [1.82, 2.24) is 0 Å². The minimum atomic E-state index is -2.98. The van der Waals surface area contributed by atoms with Gasteiger partial charge in [-0.2, -0.15) is 0 Å². The van der Waals surface area contributed by atoms with E-state index in [-0.39, 0.29) is 17.8 Å². The number of hydrogen-bond acceptors (Lipinski definition) is 6. The zero-order valence-corrected chi connectivity index (χ0v) is 21.0. The Balaban J connectivity index is 1.20. The van der Waals surface area contributed by atoms with Gasteiger partial charge in [-0.25, -0.2) is 8.42 Å². The zero-order chi connectivity index (χ0) is 25.4. The maximum absolute atomic E-state index is 11.3. The molecule has 0 radical (unpaired) electrons. The number of carboxylic acid groups (broad SMARTS) is 1. The number of benzene rings is 3. The van der Waals surface area contributed by atoms with Crippen molar-refractivity contribution in [2.24, 2.45) is 5.92 Å². The minimum absolute atomic E-state index is 0.0456. The van der Waals surface area contributed by atoms with Gasteiger partial charge in [0.05, 0.1) is 12.4 Å². The second-order valence-electron chi connectivity index (χ2n) is 9.47. The van der Waals surface area contributed by atoms with Crippen molar-refractivity contribution in [2.75, 3.05) is 18.6 Å². The molecule has 1 aliphatic heterocycles. The Morgan fingerprint density at radius 3 is 2.56 bits per heavy atom. The van der Waals surface area contributed by atoms with Gasteiger partial charge >= 0.3 is 5.97 Å². The summed E-state index contributed by atoms with van der Waals surface area (Å²) in [7, 11) is -2.98. The standard InChI is InChI=1S/C28H28O7S/c1-17-13-20(33-11-4-12-36(2,31)32)7-9-22(17)19-6-3-5-18(14-19)16-34-21-8-10-23-24(15-21)35-27-25(23)26(27)28(29)30/h3,5-10,13-15,25-27H,4,11-12,16H2,1-2H3,(H,29,30)/t25-,26-,27-/m1/s1. The molecule has 2 aliphatic rings. The highest BCUT2D eigenvalue weighted by atomic mass is 32.2. The topological polar surface area (TPSA) is 99.1 Å². The van der Waals surface area contributed by atoms with Gasteiger partial charge < -0.3 is 19.3 Å². The summed E-state index contributed by atoms with van der Waals surface area (Å²) < 4.78 is 40.0. The summed E-state index contributed by atoms with van der Waals surface area (Å²) in [6, 6.07) is 19.6. The van der Waals surface area contributed by atoms with Crippen LogP contribution in [0.1, 0.15) is 29.0 Å². The summed E-state index contributed by atoms with van der Waals surface area (Å²) in [5.41, 5.74) is 5.17. The van der Waals surface area contributed by atoms with Crippen molar-refractivity contribution in [3.8, 4) is 28.4 Å². The van der Waals surface area contributed by atoms with Crippen LogP contribution in [0.3, 0.4) is 0 Å². The van der Waals surface area contributed by atoms with Crippen LogP contribution in [0.4, 0.5) is 0 Å². The predicted octanol–water partition coefficient (Wildman–Crippen LogP) is 4.61. The number of carboxylic acids is 1. The van der Waals surface area contributed by atoms with Crippen molar-refractivity contribution < 1.29 is 32.5 Å². The van der Waals surface area contributed by atoms with Crippen molar-refractivity contribution in [2.45, 2.75) is 32.0 Å². The Bertz CT molecular complexity index is 1410. The molecular formula is C28H28O7S. The van der Waals surface area contributed by atoms with Gasteiger partial charge in [-0.05, 0) is 59.9 Å². The van der Waals surface area contributed by atoms with Gasteiger partial charge in [0.25, 0.3) is 0 Å². The quantitative estimate of drug-likeness (QED) is 0.399. The zero-order valence-electron chi connectivity index (χ0n) is 20.1. The van der Waals surface area contributed by atoms with Crippen LogP contribution >= 0.6 is 0 Å². The van der Waals surface area contributed by atoms with Gasteiger partial charge in [0, 0.05) is 23.8 Å². The van der Waals surface area contributed by atoms with Gasteiger partial charge in [0.1, 0.15) is 45.7 Å². The molecule has 3 aromatic carbocycles. The molecule has 0 bridgehead atoms. The summed E-state index contributed by atoms with van der Waals surface area (Å²) in [5.74, 6) is 0.938. The first kappa shape index (κ1) is 24.2. The van der Waals surface area contributed by atoms with Gasteiger partial charge in [0.2, 0.25) is 0 Å². The van der Waals surface area contributed by atoms with Crippen LogP contribution in [0.5, 0.6) is 17.2 Å². The van der Waals surface area contributed by atoms with Crippen molar-refractivity contribution in [3.05, 3.63) is 77.4 Å². The third-order valence-corrected chi connectivity index (χ3v) is 7.65. The lowest BCUT2D eigenvalue weighted by molar-refractivity contribution is -0.139. The molecule has 0 amide bonds. The molecular weight excluding hydrogens is 480 g/mol. The monoisotopic (exact) mass is 508 g/mol. The number of sulfone groups is 1. The first-order valence-electron chi connectivity index (χ1n) is 11.9. The molecule has 5 rings (SSSR count). The van der Waals surface area contributed by atoms with E-state index in [2.05, 4.69) is 6.07 Å². The SMILES string of the molecule is Cc1cc(OCCCS(C)(=O)=O)ccc1-c1cccc(COc2ccc3c(c2)O[C@H]2[C@H](C(=O)O)[C@@H]32)c1. The maximum atomic E-state index is 11.3. The van der Waals surface area contributed by atoms with E-state index in [1.165, 1.54) is 6.26 Å². The highest BCUT2D eigenvalue weighted by molar-refractivity contribution is 7.90. The van der Waals surface area contributed by atoms with Gasteiger partial charge in [0.15, 0.2) is 0 Å². The molecule has 0 saturated heterocycles. The average Bonchev–Trinajstić information content (AvgIpc) is 3.43. The highest BCUT2D eigenvalue weighted by Gasteiger charge is 2.63. The normalized spacial score (nSPS) is 19.7. The second-order valence-corrected chi connectivity index (χ2v) is 11.7. The first-order valence-corrected chi connectivity index (χ1v) is 13.9. The van der Waals surface area contributed by atoms with Crippen LogP contribution in [0, 0.1) is 12.8 Å². The molecule has 7 nitrogen and oxygen atoms in total. The van der Waals surface area contributed by atoms with Crippen LogP contribution < -0.4 is 14.2 Å². The van der Waals surface area contributed by atoms with E-state index in [9.17, 15) is 18.3 Å². The molecule has 1 aliphatic carbocycles. The second kappa shape index (κ2) is 9.50. The smallest absolute Gasteiger partial charge is 0.311 e. The Morgan fingerprint density at radius 1 is 1.03 bits per heavy atom. The molecule has 3 atom stereocenters. The van der Waals surface area contributed by atoms with Crippen LogP contribution in [0.15, 0.2) is 60.7 Å². The average molecular weight is 509 g/mol. The lowest BCUT2D eigenvalue weighted by Crippen LogP contribution is -2.08. The lowest BCUT2D eigenvalue weighted by Gasteiger charge is -2.13. The maximum Gasteiger partial charge on any atom is 0.311 e. The largest absolute Gasteiger partial charge is 0.494 e. The van der Waals surface area contributed by atoms with Gasteiger partial charge in [-0.3, -0.25) is 4.79 Å². The predicted molar refractivity (Wildman–Crippen MR) is 135 cm³/mol. The lowest BCUT2D eigenvalue weighted by atomic mass is 9.99. The van der Waals surface area contributed by atoms with Crippen molar-refractivity contribution in [1.29, 1.82) is 0 Å². The Morgan fingerprint density at radius 2 is 1.81 bits per heavy atom. The fraction of sp³-hybridized carbons (Fsp3) is 0.321. The molecule has 1 heterocycles. The third-order valence-electron chi connectivity index (χ3n) is 6.62. The number of aryl methyl sites for hydroxylation is 1. The van der Waals surface area contributed by atoms with E-state index in [0.29, 0.717) is 31.1 Å². The molecule has 188 valence electrons. The van der Waals surface area contributed by atoms with Crippen LogP contribution in [0.2, 0.25) is 0 Å². The molecule has 3 aromatic rings. The molecule has 36 heavy (non-hydrogen) atoms. The van der Waals surface area contributed by atoms with Crippen molar-refractivity contribution >= 4 is 15.8 Å². The number of hydrogen-bond donors (Lipinski definition) is 1. The first-order chi connectivity index (χ1) is 17.2. The van der Waals surface area contributed by atoms with E-state index in [1.807, 2.05) is 61.5 Å². The van der Waals surface area contributed by atoms with E-state index < -0.39 is 21.7 Å². The summed E-state index contributed by atoms with van der Waals surface area (Å²) in [5, 5.41) is 9.22. The summed E-state index contributed by atoms with van der Waals surface area (Å²) in [6.07, 6.45) is 1.43. The van der Waals surface area contributed by atoms with Crippen LogP contribution in [0.25, 0.3) is 11.1 Å². The number of aliphatic carboxylic acids is 1. The van der Waals surface area contributed by atoms with Gasteiger partial charge in [-0.1, -0.05) is 30.3 Å². The summed E-state index contributed by atoms with van der Waals surface area (Å²) in [6.45, 7) is 2.76. The molecule has 0 unspecified atom stereocenters. The van der Waals surface area contributed by atoms with E-state index >= 15 is 0 Å².